The summed E-state index contributed by atoms with van der Waals surface area (Å²) in [5.74, 6) is 0.686. The Morgan fingerprint density at radius 3 is 2.52 bits per heavy atom. The number of likely N-dealkylation sites (tertiary alicyclic amines) is 1. The van der Waals surface area contributed by atoms with Crippen LogP contribution >= 0.6 is 0 Å². The van der Waals surface area contributed by atoms with Gasteiger partial charge in [0.1, 0.15) is 18.4 Å². The largest absolute Gasteiger partial charge is 0.383 e. The van der Waals surface area contributed by atoms with Gasteiger partial charge in [-0.15, -0.1) is 0 Å². The first-order valence-corrected chi connectivity index (χ1v) is 8.65. The molecule has 1 fully saturated rings. The van der Waals surface area contributed by atoms with Crippen molar-refractivity contribution < 1.29 is 14.2 Å². The summed E-state index contributed by atoms with van der Waals surface area (Å²) >= 11 is 0. The van der Waals surface area contributed by atoms with Crippen molar-refractivity contribution in [2.45, 2.75) is 25.7 Å². The summed E-state index contributed by atoms with van der Waals surface area (Å²) in [5, 5.41) is 4.66. The molecule has 136 valence electrons. The van der Waals surface area contributed by atoms with Crippen LogP contribution in [-0.2, 0) is 16.8 Å². The van der Waals surface area contributed by atoms with Crippen molar-refractivity contribution in [1.29, 1.82) is 0 Å². The Bertz CT molecular complexity index is 694. The van der Waals surface area contributed by atoms with Gasteiger partial charge in [-0.3, -0.25) is 9.58 Å². The summed E-state index contributed by atoms with van der Waals surface area (Å²) in [5.41, 5.74) is 9.07. The molecule has 2 N–H and O–H groups in total. The van der Waals surface area contributed by atoms with Crippen LogP contribution in [0.15, 0.2) is 24.3 Å². The van der Waals surface area contributed by atoms with Gasteiger partial charge in [-0.05, 0) is 37.5 Å². The first-order chi connectivity index (χ1) is 12.1. The standard InChI is InChI=1S/C18H25FN4O2/c1-3-24-25-12-23-10-8-14(9-11-23)17-16(18(20)22(2)21-17)13-4-6-15(19)7-5-13/h4-7,14H,3,8-12,20H2,1-2H3. The number of rotatable bonds is 6. The molecule has 0 amide bonds. The summed E-state index contributed by atoms with van der Waals surface area (Å²) in [6.07, 6.45) is 1.94. The van der Waals surface area contributed by atoms with Crippen molar-refractivity contribution in [2.75, 3.05) is 32.2 Å². The van der Waals surface area contributed by atoms with Gasteiger partial charge in [-0.1, -0.05) is 12.1 Å². The molecule has 0 aliphatic carbocycles. The smallest absolute Gasteiger partial charge is 0.135 e. The van der Waals surface area contributed by atoms with Crippen molar-refractivity contribution in [2.24, 2.45) is 7.05 Å². The maximum atomic E-state index is 13.3. The van der Waals surface area contributed by atoms with Crippen LogP contribution in [0.1, 0.15) is 31.4 Å². The Balaban J connectivity index is 1.75. The van der Waals surface area contributed by atoms with Gasteiger partial charge < -0.3 is 5.73 Å². The lowest BCUT2D eigenvalue weighted by Crippen LogP contribution is -2.35. The van der Waals surface area contributed by atoms with E-state index in [0.29, 0.717) is 25.1 Å². The second-order valence-electron chi connectivity index (χ2n) is 6.32. The first kappa shape index (κ1) is 17.8. The van der Waals surface area contributed by atoms with E-state index in [2.05, 4.69) is 10.00 Å². The molecule has 7 heteroatoms. The van der Waals surface area contributed by atoms with Crippen molar-refractivity contribution in [3.63, 3.8) is 0 Å². The molecular weight excluding hydrogens is 323 g/mol. The molecule has 0 radical (unpaired) electrons. The Hall–Kier alpha value is -1.96. The van der Waals surface area contributed by atoms with Crippen molar-refractivity contribution in [3.05, 3.63) is 35.8 Å². The highest BCUT2D eigenvalue weighted by Gasteiger charge is 2.27. The number of nitrogen functional groups attached to an aromatic ring is 1. The Labute approximate surface area is 147 Å². The lowest BCUT2D eigenvalue weighted by Gasteiger charge is -2.30. The molecule has 1 saturated heterocycles. The highest BCUT2D eigenvalue weighted by atomic mass is 19.1. The van der Waals surface area contributed by atoms with Gasteiger partial charge in [0.2, 0.25) is 0 Å². The molecule has 0 bridgehead atoms. The Kier molecular flexibility index (Phi) is 5.67. The third-order valence-corrected chi connectivity index (χ3v) is 4.66. The average molecular weight is 348 g/mol. The molecular formula is C18H25FN4O2. The lowest BCUT2D eigenvalue weighted by atomic mass is 9.89. The number of hydrogen-bond acceptors (Lipinski definition) is 5. The van der Waals surface area contributed by atoms with Crippen LogP contribution in [0.4, 0.5) is 10.2 Å². The van der Waals surface area contributed by atoms with E-state index in [4.69, 9.17) is 15.5 Å². The molecule has 0 unspecified atom stereocenters. The summed E-state index contributed by atoms with van der Waals surface area (Å²) in [6.45, 7) is 4.75. The van der Waals surface area contributed by atoms with Gasteiger partial charge in [-0.25, -0.2) is 14.2 Å². The average Bonchev–Trinajstić information content (AvgIpc) is 2.92. The van der Waals surface area contributed by atoms with Gasteiger partial charge in [0.05, 0.1) is 12.3 Å². The van der Waals surface area contributed by atoms with Crippen molar-refractivity contribution in [3.8, 4) is 11.1 Å². The monoisotopic (exact) mass is 348 g/mol. The minimum absolute atomic E-state index is 0.254. The van der Waals surface area contributed by atoms with E-state index in [1.165, 1.54) is 12.1 Å². The third kappa shape index (κ3) is 4.00. The van der Waals surface area contributed by atoms with Gasteiger partial charge in [0, 0.05) is 31.6 Å². The maximum Gasteiger partial charge on any atom is 0.135 e. The number of piperidine rings is 1. The molecule has 1 aliphatic heterocycles. The molecule has 1 aromatic heterocycles. The SMILES string of the molecule is CCOOCN1CCC(c2nn(C)c(N)c2-c2ccc(F)cc2)CC1. The molecule has 0 atom stereocenters. The molecule has 3 rings (SSSR count). The zero-order valence-corrected chi connectivity index (χ0v) is 14.7. The predicted octanol–water partition coefficient (Wildman–Crippen LogP) is 2.91. The van der Waals surface area contributed by atoms with E-state index < -0.39 is 0 Å². The summed E-state index contributed by atoms with van der Waals surface area (Å²) in [6, 6.07) is 6.44. The molecule has 2 heterocycles. The van der Waals surface area contributed by atoms with E-state index in [0.717, 1.165) is 42.8 Å². The van der Waals surface area contributed by atoms with E-state index in [1.54, 1.807) is 16.8 Å². The highest BCUT2D eigenvalue weighted by Crippen LogP contribution is 2.38. The van der Waals surface area contributed by atoms with Gasteiger partial charge in [0.25, 0.3) is 0 Å². The van der Waals surface area contributed by atoms with Crippen molar-refractivity contribution in [1.82, 2.24) is 14.7 Å². The second kappa shape index (κ2) is 7.95. The van der Waals surface area contributed by atoms with E-state index in [9.17, 15) is 4.39 Å². The number of hydrogen-bond donors (Lipinski definition) is 1. The second-order valence-corrected chi connectivity index (χ2v) is 6.32. The normalized spacial score (nSPS) is 16.4. The molecule has 2 aromatic rings. The zero-order chi connectivity index (χ0) is 17.8. The number of halogens is 1. The van der Waals surface area contributed by atoms with Crippen LogP contribution in [0.3, 0.4) is 0 Å². The van der Waals surface area contributed by atoms with Gasteiger partial charge >= 0.3 is 0 Å². The fourth-order valence-electron chi connectivity index (χ4n) is 3.29. The zero-order valence-electron chi connectivity index (χ0n) is 14.7. The summed E-state index contributed by atoms with van der Waals surface area (Å²) in [7, 11) is 1.84. The molecule has 0 saturated carbocycles. The Morgan fingerprint density at radius 1 is 1.20 bits per heavy atom. The Morgan fingerprint density at radius 2 is 1.88 bits per heavy atom. The molecule has 1 aromatic carbocycles. The van der Waals surface area contributed by atoms with Crippen molar-refractivity contribution >= 4 is 5.82 Å². The highest BCUT2D eigenvalue weighted by molar-refractivity contribution is 5.77. The van der Waals surface area contributed by atoms with E-state index in [1.807, 2.05) is 14.0 Å². The third-order valence-electron chi connectivity index (χ3n) is 4.66. The molecule has 25 heavy (non-hydrogen) atoms. The van der Waals surface area contributed by atoms with Gasteiger partial charge in [0.15, 0.2) is 0 Å². The lowest BCUT2D eigenvalue weighted by molar-refractivity contribution is -0.313. The number of aryl methyl sites for hydroxylation is 1. The van der Waals surface area contributed by atoms with Crippen LogP contribution in [0.25, 0.3) is 11.1 Å². The van der Waals surface area contributed by atoms with E-state index in [-0.39, 0.29) is 5.82 Å². The molecule has 1 aliphatic rings. The first-order valence-electron chi connectivity index (χ1n) is 8.65. The number of nitrogens with zero attached hydrogens (tertiary/aromatic N) is 3. The van der Waals surface area contributed by atoms with Crippen LogP contribution < -0.4 is 5.73 Å². The topological polar surface area (TPSA) is 65.5 Å². The maximum absolute atomic E-state index is 13.3. The molecule has 6 nitrogen and oxygen atoms in total. The number of aromatic nitrogens is 2. The predicted molar refractivity (Wildman–Crippen MR) is 94.1 cm³/mol. The van der Waals surface area contributed by atoms with Crippen LogP contribution in [-0.4, -0.2) is 41.1 Å². The number of anilines is 1. The quantitative estimate of drug-likeness (QED) is 0.494. The van der Waals surface area contributed by atoms with Crippen LogP contribution in [0, 0.1) is 5.82 Å². The number of benzene rings is 1. The number of nitrogens with two attached hydrogens (primary N) is 1. The minimum atomic E-state index is -0.254. The van der Waals surface area contributed by atoms with Crippen LogP contribution in [0.5, 0.6) is 0 Å². The fourth-order valence-corrected chi connectivity index (χ4v) is 3.29. The van der Waals surface area contributed by atoms with Crippen LogP contribution in [0.2, 0.25) is 0 Å². The molecule has 0 spiro atoms. The summed E-state index contributed by atoms with van der Waals surface area (Å²) in [4.78, 5) is 12.3. The summed E-state index contributed by atoms with van der Waals surface area (Å²) < 4.78 is 15.0. The van der Waals surface area contributed by atoms with E-state index >= 15 is 0 Å². The minimum Gasteiger partial charge on any atom is -0.383 e. The van der Waals surface area contributed by atoms with Gasteiger partial charge in [-0.2, -0.15) is 5.10 Å². The fraction of sp³-hybridized carbons (Fsp3) is 0.500.